The van der Waals surface area contributed by atoms with Crippen LogP contribution in [0.2, 0.25) is 0 Å². The monoisotopic (exact) mass is 345 g/mol. The fraction of sp³-hybridized carbons (Fsp3) is 0.182. The molecule has 1 amide bonds. The summed E-state index contributed by atoms with van der Waals surface area (Å²) in [4.78, 5) is 12.3. The van der Waals surface area contributed by atoms with E-state index in [-0.39, 0.29) is 5.91 Å². The topological polar surface area (TPSA) is 46.4 Å². The highest BCUT2D eigenvalue weighted by molar-refractivity contribution is 6.00. The minimum absolute atomic E-state index is 0.217. The van der Waals surface area contributed by atoms with E-state index >= 15 is 0 Å². The molecule has 1 heterocycles. The zero-order valence-electron chi connectivity index (χ0n) is 15.1. The Hall–Kier alpha value is -3.14. The fourth-order valence-electron chi connectivity index (χ4n) is 2.76. The van der Waals surface area contributed by atoms with Gasteiger partial charge in [-0.3, -0.25) is 4.79 Å². The molecule has 0 aliphatic heterocycles. The van der Waals surface area contributed by atoms with Crippen molar-refractivity contribution in [2.45, 2.75) is 26.7 Å². The van der Waals surface area contributed by atoms with E-state index < -0.39 is 0 Å². The Morgan fingerprint density at radius 2 is 1.58 bits per heavy atom. The highest BCUT2D eigenvalue weighted by atomic mass is 16.2. The van der Waals surface area contributed by atoms with Crippen molar-refractivity contribution in [2.24, 2.45) is 5.10 Å². The van der Waals surface area contributed by atoms with Gasteiger partial charge in [0.15, 0.2) is 0 Å². The molecule has 0 radical (unpaired) electrons. The van der Waals surface area contributed by atoms with Gasteiger partial charge in [-0.05, 0) is 60.9 Å². The minimum atomic E-state index is -0.217. The Balaban J connectivity index is 1.64. The van der Waals surface area contributed by atoms with Crippen LogP contribution in [0.1, 0.15) is 41.8 Å². The van der Waals surface area contributed by atoms with E-state index in [1.54, 1.807) is 12.1 Å². The third kappa shape index (κ3) is 4.28. The van der Waals surface area contributed by atoms with Crippen molar-refractivity contribution in [3.8, 4) is 5.69 Å². The summed E-state index contributed by atoms with van der Waals surface area (Å²) in [6.07, 6.45) is 6.14. The molecule has 0 aliphatic carbocycles. The van der Waals surface area contributed by atoms with E-state index in [9.17, 15) is 4.79 Å². The van der Waals surface area contributed by atoms with Crippen LogP contribution in [0.15, 0.2) is 78.2 Å². The lowest BCUT2D eigenvalue weighted by atomic mass is 10.1. The largest absolute Gasteiger partial charge is 0.324 e. The molecule has 4 heteroatoms. The first-order valence-corrected chi connectivity index (χ1v) is 8.84. The molecule has 2 aromatic carbocycles. The molecule has 132 valence electrons. The second-order valence-electron chi connectivity index (χ2n) is 6.22. The summed E-state index contributed by atoms with van der Waals surface area (Å²) >= 11 is 0. The first kappa shape index (κ1) is 17.7. The summed E-state index contributed by atoms with van der Waals surface area (Å²) < 4.78 is 1.99. The maximum Gasteiger partial charge on any atom is 0.271 e. The Kier molecular flexibility index (Phi) is 5.64. The molecule has 26 heavy (non-hydrogen) atoms. The van der Waals surface area contributed by atoms with Crippen molar-refractivity contribution in [1.82, 2.24) is 9.99 Å². The number of nitrogens with zero attached hydrogens (tertiary/aromatic N) is 2. The number of carbonyl (C=O) groups excluding carboxylic acids is 1. The van der Waals surface area contributed by atoms with Crippen LogP contribution in [0.4, 0.5) is 0 Å². The molecule has 1 N–H and O–H groups in total. The van der Waals surface area contributed by atoms with Gasteiger partial charge in [0.2, 0.25) is 0 Å². The molecule has 0 saturated carbocycles. The predicted octanol–water partition coefficient (Wildman–Crippen LogP) is 4.58. The minimum Gasteiger partial charge on any atom is -0.324 e. The zero-order valence-corrected chi connectivity index (χ0v) is 15.1. The van der Waals surface area contributed by atoms with Crippen molar-refractivity contribution < 1.29 is 4.79 Å². The van der Waals surface area contributed by atoms with Crippen molar-refractivity contribution in [1.29, 1.82) is 0 Å². The summed E-state index contributed by atoms with van der Waals surface area (Å²) in [6, 6.07) is 19.7. The zero-order chi connectivity index (χ0) is 18.4. The second kappa shape index (κ2) is 8.30. The number of aromatic nitrogens is 1. The number of carbonyl (C=O) groups is 1. The Morgan fingerprint density at radius 3 is 2.19 bits per heavy atom. The molecule has 0 unspecified atom stereocenters. The first-order chi connectivity index (χ1) is 12.7. The SMILES string of the molecule is CCCc1ccc(C(C)=NNC(=O)c2ccc(-n3cccc3)cc2)cc1. The predicted molar refractivity (Wildman–Crippen MR) is 106 cm³/mol. The average Bonchev–Trinajstić information content (AvgIpc) is 3.21. The lowest BCUT2D eigenvalue weighted by Gasteiger charge is -2.06. The Labute approximate surface area is 154 Å². The second-order valence-corrected chi connectivity index (χ2v) is 6.22. The average molecular weight is 345 g/mol. The number of benzene rings is 2. The molecular weight excluding hydrogens is 322 g/mol. The van der Waals surface area contributed by atoms with Crippen molar-refractivity contribution >= 4 is 11.6 Å². The van der Waals surface area contributed by atoms with Crippen LogP contribution >= 0.6 is 0 Å². The lowest BCUT2D eigenvalue weighted by Crippen LogP contribution is -2.19. The van der Waals surface area contributed by atoms with Gasteiger partial charge in [-0.25, -0.2) is 5.43 Å². The van der Waals surface area contributed by atoms with E-state index in [1.807, 2.05) is 60.3 Å². The van der Waals surface area contributed by atoms with Gasteiger partial charge >= 0.3 is 0 Å². The molecule has 0 spiro atoms. The third-order valence-electron chi connectivity index (χ3n) is 4.27. The molecule has 3 rings (SSSR count). The lowest BCUT2D eigenvalue weighted by molar-refractivity contribution is 0.0955. The van der Waals surface area contributed by atoms with Gasteiger partial charge in [-0.2, -0.15) is 5.10 Å². The molecule has 0 atom stereocenters. The molecule has 0 fully saturated rings. The number of rotatable bonds is 6. The van der Waals surface area contributed by atoms with Gasteiger partial charge in [0, 0.05) is 23.6 Å². The van der Waals surface area contributed by atoms with Crippen LogP contribution < -0.4 is 5.43 Å². The van der Waals surface area contributed by atoms with E-state index in [0.717, 1.165) is 29.8 Å². The van der Waals surface area contributed by atoms with E-state index in [1.165, 1.54) is 5.56 Å². The number of hydrogen-bond donors (Lipinski definition) is 1. The van der Waals surface area contributed by atoms with Crippen LogP contribution in [0.3, 0.4) is 0 Å². The van der Waals surface area contributed by atoms with Crippen LogP contribution in [0.25, 0.3) is 5.69 Å². The molecular formula is C22H23N3O. The standard InChI is InChI=1S/C22H23N3O/c1-3-6-18-7-9-19(10-8-18)17(2)23-24-22(26)20-11-13-21(14-12-20)25-15-4-5-16-25/h4-5,7-16H,3,6H2,1-2H3,(H,24,26). The maximum absolute atomic E-state index is 12.3. The van der Waals surface area contributed by atoms with Gasteiger partial charge in [0.05, 0.1) is 5.71 Å². The first-order valence-electron chi connectivity index (χ1n) is 8.84. The van der Waals surface area contributed by atoms with Gasteiger partial charge < -0.3 is 4.57 Å². The maximum atomic E-state index is 12.3. The number of hydrazone groups is 1. The summed E-state index contributed by atoms with van der Waals surface area (Å²) in [7, 11) is 0. The quantitative estimate of drug-likeness (QED) is 0.516. The van der Waals surface area contributed by atoms with E-state index in [2.05, 4.69) is 29.6 Å². The third-order valence-corrected chi connectivity index (χ3v) is 4.27. The normalized spacial score (nSPS) is 11.4. The number of hydrogen-bond acceptors (Lipinski definition) is 2. The van der Waals surface area contributed by atoms with Gasteiger partial charge in [0.1, 0.15) is 0 Å². The molecule has 1 aromatic heterocycles. The van der Waals surface area contributed by atoms with Crippen molar-refractivity contribution in [3.05, 3.63) is 89.7 Å². The number of amides is 1. The summed E-state index contributed by atoms with van der Waals surface area (Å²) in [5, 5.41) is 4.23. The summed E-state index contributed by atoms with van der Waals surface area (Å²) in [5.74, 6) is -0.217. The van der Waals surface area contributed by atoms with Gasteiger partial charge in [-0.15, -0.1) is 0 Å². The number of aryl methyl sites for hydroxylation is 1. The summed E-state index contributed by atoms with van der Waals surface area (Å²) in [5.41, 5.74) is 7.33. The van der Waals surface area contributed by atoms with Crippen LogP contribution in [0.5, 0.6) is 0 Å². The molecule has 0 aliphatic rings. The van der Waals surface area contributed by atoms with Crippen molar-refractivity contribution in [2.75, 3.05) is 0 Å². The van der Waals surface area contributed by atoms with Gasteiger partial charge in [-0.1, -0.05) is 37.6 Å². The molecule has 0 bridgehead atoms. The van der Waals surface area contributed by atoms with Crippen molar-refractivity contribution in [3.63, 3.8) is 0 Å². The van der Waals surface area contributed by atoms with Gasteiger partial charge in [0.25, 0.3) is 5.91 Å². The highest BCUT2D eigenvalue weighted by Crippen LogP contribution is 2.11. The van der Waals surface area contributed by atoms with Crippen LogP contribution in [-0.4, -0.2) is 16.2 Å². The van der Waals surface area contributed by atoms with Crippen LogP contribution in [0, 0.1) is 0 Å². The van der Waals surface area contributed by atoms with E-state index in [4.69, 9.17) is 0 Å². The Bertz CT molecular complexity index is 876. The Morgan fingerprint density at radius 1 is 0.962 bits per heavy atom. The summed E-state index contributed by atoms with van der Waals surface area (Å²) in [6.45, 7) is 4.06. The smallest absolute Gasteiger partial charge is 0.271 e. The number of nitrogens with one attached hydrogen (secondary N) is 1. The highest BCUT2D eigenvalue weighted by Gasteiger charge is 2.06. The molecule has 0 saturated heterocycles. The molecule has 4 nitrogen and oxygen atoms in total. The van der Waals surface area contributed by atoms with E-state index in [0.29, 0.717) is 5.56 Å². The fourth-order valence-corrected chi connectivity index (χ4v) is 2.76. The van der Waals surface area contributed by atoms with Crippen LogP contribution in [-0.2, 0) is 6.42 Å². The molecule has 3 aromatic rings.